The number of thiophene rings is 4. The number of hydrogen-bond acceptors (Lipinski definition) is 4. The van der Waals surface area contributed by atoms with Crippen molar-refractivity contribution < 1.29 is 0 Å². The van der Waals surface area contributed by atoms with E-state index in [0.29, 0.717) is 0 Å². The monoisotopic (exact) mass is 1140 g/mol. The Kier molecular flexibility index (Phi) is 10.0. The first-order valence-electron chi connectivity index (χ1n) is 28.5. The first-order chi connectivity index (χ1) is 41.6. The number of para-hydroxylation sites is 3. The van der Waals surface area contributed by atoms with Gasteiger partial charge in [0.25, 0.3) is 0 Å². The van der Waals surface area contributed by atoms with E-state index in [4.69, 9.17) is 0 Å². The van der Waals surface area contributed by atoms with Gasteiger partial charge in [-0.1, -0.05) is 170 Å². The van der Waals surface area contributed by atoms with E-state index in [1.165, 1.54) is 180 Å². The predicted molar refractivity (Wildman–Crippen MR) is 368 cm³/mol. The van der Waals surface area contributed by atoms with Gasteiger partial charge in [0.1, 0.15) is 0 Å². The zero-order valence-electron chi connectivity index (χ0n) is 44.9. The number of benzene rings is 13. The van der Waals surface area contributed by atoms with Gasteiger partial charge in [-0.05, 0) is 142 Å². The molecule has 0 amide bonds. The molecular formula is C78H44N2S4. The van der Waals surface area contributed by atoms with Crippen molar-refractivity contribution in [2.45, 2.75) is 0 Å². The molecule has 0 radical (unpaired) electrons. The minimum Gasteiger partial charge on any atom is -0.308 e. The Bertz CT molecular complexity index is 5940. The van der Waals surface area contributed by atoms with Crippen LogP contribution in [0.25, 0.3) is 180 Å². The average molecular weight is 1140 g/mol. The van der Waals surface area contributed by atoms with Crippen molar-refractivity contribution in [1.82, 2.24) is 9.13 Å². The van der Waals surface area contributed by atoms with Crippen molar-refractivity contribution in [1.29, 1.82) is 0 Å². The summed E-state index contributed by atoms with van der Waals surface area (Å²) in [5.74, 6) is 0. The van der Waals surface area contributed by atoms with Gasteiger partial charge in [0, 0.05) is 92.8 Å². The lowest BCUT2D eigenvalue weighted by Gasteiger charge is -2.10. The van der Waals surface area contributed by atoms with Gasteiger partial charge in [0.2, 0.25) is 0 Å². The second-order valence-corrected chi connectivity index (χ2v) is 26.6. The second-order valence-electron chi connectivity index (χ2n) is 22.3. The van der Waals surface area contributed by atoms with Gasteiger partial charge in [-0.2, -0.15) is 0 Å². The molecule has 84 heavy (non-hydrogen) atoms. The highest BCUT2D eigenvalue weighted by atomic mass is 32.1. The van der Waals surface area contributed by atoms with Crippen LogP contribution in [-0.2, 0) is 0 Å². The fourth-order valence-electron chi connectivity index (χ4n) is 13.8. The normalized spacial score (nSPS) is 12.3. The van der Waals surface area contributed by atoms with Crippen molar-refractivity contribution >= 4 is 170 Å². The molecule has 6 aromatic heterocycles. The molecule has 0 unspecified atom stereocenters. The third-order valence-electron chi connectivity index (χ3n) is 17.8. The molecule has 390 valence electrons. The standard InChI is InChI=1S/C78H44N2S4/c1-5-17-65-53(11-1)54-12-2-6-18-66(54)79(65)69-20-9-15-59-63-41-49(31-37-73(63)83-77(59)69)48-30-36-72-62(40-48)58-34-27-51(43-76(58)82-72)46-25-23-45(24-26-46)47-29-35-68-61(39-47)55-13-3-7-19-67(55)80(68)70-21-10-16-60-64-42-50(32-38-74(64)84-78(60)70)52-28-33-57-56-14-4-8-22-71(56)81-75(57)44-52/h1-44H. The lowest BCUT2D eigenvalue weighted by molar-refractivity contribution is 1.20. The summed E-state index contributed by atoms with van der Waals surface area (Å²) in [5.41, 5.74) is 17.2. The summed E-state index contributed by atoms with van der Waals surface area (Å²) in [5, 5.41) is 15.6. The van der Waals surface area contributed by atoms with Crippen molar-refractivity contribution in [3.63, 3.8) is 0 Å². The highest BCUT2D eigenvalue weighted by molar-refractivity contribution is 7.27. The molecule has 2 nitrogen and oxygen atoms in total. The summed E-state index contributed by atoms with van der Waals surface area (Å²) >= 11 is 7.55. The number of fused-ring (bicyclic) bond motifs is 18. The van der Waals surface area contributed by atoms with Crippen LogP contribution in [0.4, 0.5) is 0 Å². The van der Waals surface area contributed by atoms with E-state index in [2.05, 4.69) is 276 Å². The van der Waals surface area contributed by atoms with E-state index in [1.807, 2.05) is 45.3 Å². The van der Waals surface area contributed by atoms with Crippen molar-refractivity contribution in [3.8, 4) is 55.9 Å². The fraction of sp³-hybridized carbons (Fsp3) is 0. The van der Waals surface area contributed by atoms with E-state index >= 15 is 0 Å². The summed E-state index contributed by atoms with van der Waals surface area (Å²) < 4.78 is 15.5. The number of aromatic nitrogens is 2. The van der Waals surface area contributed by atoms with Gasteiger partial charge < -0.3 is 9.13 Å². The van der Waals surface area contributed by atoms with Gasteiger partial charge in [0.05, 0.1) is 42.8 Å². The van der Waals surface area contributed by atoms with Crippen molar-refractivity contribution in [2.24, 2.45) is 0 Å². The molecule has 0 saturated heterocycles. The summed E-state index contributed by atoms with van der Waals surface area (Å²) in [6.45, 7) is 0. The van der Waals surface area contributed by atoms with Crippen LogP contribution in [0.15, 0.2) is 267 Å². The van der Waals surface area contributed by atoms with E-state index in [0.717, 1.165) is 0 Å². The van der Waals surface area contributed by atoms with E-state index < -0.39 is 0 Å². The maximum Gasteiger partial charge on any atom is 0.0640 e. The third-order valence-corrected chi connectivity index (χ3v) is 22.4. The molecule has 6 heteroatoms. The number of nitrogens with zero attached hydrogens (tertiary/aromatic N) is 2. The molecular weight excluding hydrogens is 1090 g/mol. The molecule has 0 atom stereocenters. The largest absolute Gasteiger partial charge is 0.308 e. The lowest BCUT2D eigenvalue weighted by Crippen LogP contribution is -1.93. The van der Waals surface area contributed by atoms with Gasteiger partial charge in [-0.3, -0.25) is 0 Å². The number of hydrogen-bond donors (Lipinski definition) is 0. The van der Waals surface area contributed by atoms with Crippen LogP contribution in [0, 0.1) is 0 Å². The van der Waals surface area contributed by atoms with E-state index in [1.54, 1.807) is 0 Å². The van der Waals surface area contributed by atoms with Crippen LogP contribution in [0.5, 0.6) is 0 Å². The topological polar surface area (TPSA) is 9.86 Å². The summed E-state index contributed by atoms with van der Waals surface area (Å²) in [4.78, 5) is 0. The maximum atomic E-state index is 2.49. The summed E-state index contributed by atoms with van der Waals surface area (Å²) in [6, 6.07) is 100. The van der Waals surface area contributed by atoms with Gasteiger partial charge >= 0.3 is 0 Å². The van der Waals surface area contributed by atoms with Gasteiger partial charge in [-0.25, -0.2) is 0 Å². The minimum atomic E-state index is 1.21. The van der Waals surface area contributed by atoms with Crippen LogP contribution in [0.1, 0.15) is 0 Å². The molecule has 0 aliphatic rings. The zero-order chi connectivity index (χ0) is 54.7. The minimum absolute atomic E-state index is 1.21. The zero-order valence-corrected chi connectivity index (χ0v) is 48.2. The summed E-state index contributed by atoms with van der Waals surface area (Å²) in [6.07, 6.45) is 0. The Hall–Kier alpha value is -9.66. The van der Waals surface area contributed by atoms with Crippen molar-refractivity contribution in [2.75, 3.05) is 0 Å². The van der Waals surface area contributed by atoms with E-state index in [9.17, 15) is 0 Å². The molecule has 0 aliphatic heterocycles. The molecule has 0 spiro atoms. The second kappa shape index (κ2) is 17.9. The van der Waals surface area contributed by atoms with Crippen molar-refractivity contribution in [3.05, 3.63) is 267 Å². The average Bonchev–Trinajstić information content (AvgIpc) is 4.47. The molecule has 0 bridgehead atoms. The molecule has 0 saturated carbocycles. The first kappa shape index (κ1) is 46.9. The summed E-state index contributed by atoms with van der Waals surface area (Å²) in [7, 11) is 0. The molecule has 19 aromatic rings. The van der Waals surface area contributed by atoms with Crippen LogP contribution in [-0.4, -0.2) is 9.13 Å². The van der Waals surface area contributed by atoms with Crippen LogP contribution >= 0.6 is 45.3 Å². The Balaban J connectivity index is 0.629. The van der Waals surface area contributed by atoms with E-state index in [-0.39, 0.29) is 0 Å². The SMILES string of the molecule is c1ccc2c(c1)sc1cc(-c3ccc4sc5c(-n6c7ccccc7c7cc(-c8ccc(-c9ccc%10c(c9)sc9ccc(-c%11ccc%12sc%13c(-n%14c%15ccccc%15c%15ccccc%15%14)cccc%13c%12c%11)cc9%10)cc8)ccc76)cccc5c4c3)ccc12. The highest BCUT2D eigenvalue weighted by Crippen LogP contribution is 2.47. The Labute approximate surface area is 497 Å². The molecule has 0 aliphatic carbocycles. The maximum absolute atomic E-state index is 2.49. The van der Waals surface area contributed by atoms with Crippen LogP contribution in [0.3, 0.4) is 0 Å². The van der Waals surface area contributed by atoms with Crippen LogP contribution < -0.4 is 0 Å². The Morgan fingerprint density at radius 2 is 0.500 bits per heavy atom. The Morgan fingerprint density at radius 3 is 1.04 bits per heavy atom. The number of rotatable bonds is 6. The van der Waals surface area contributed by atoms with Crippen LogP contribution in [0.2, 0.25) is 0 Å². The quantitative estimate of drug-likeness (QED) is 0.157. The fourth-order valence-corrected chi connectivity index (χ4v) is 18.4. The van der Waals surface area contributed by atoms with Gasteiger partial charge in [0.15, 0.2) is 0 Å². The smallest absolute Gasteiger partial charge is 0.0640 e. The predicted octanol–water partition coefficient (Wildman–Crippen LogP) is 24.0. The Morgan fingerprint density at radius 1 is 0.179 bits per heavy atom. The highest BCUT2D eigenvalue weighted by Gasteiger charge is 2.21. The molecule has 6 heterocycles. The lowest BCUT2D eigenvalue weighted by atomic mass is 9.98. The molecule has 0 fully saturated rings. The van der Waals surface area contributed by atoms with Gasteiger partial charge in [-0.15, -0.1) is 45.3 Å². The first-order valence-corrected chi connectivity index (χ1v) is 31.8. The third kappa shape index (κ3) is 6.94. The molecule has 19 rings (SSSR count). The molecule has 0 N–H and O–H groups in total. The molecule has 13 aromatic carbocycles.